The molecule has 0 heterocycles. The topological polar surface area (TPSA) is 64.6 Å². The molecule has 2 aliphatic rings. The molecule has 5 nitrogen and oxygen atoms in total. The fourth-order valence-corrected chi connectivity index (χ4v) is 3.77. The largest absolute Gasteiger partial charge is 0.466 e. The number of rotatable bonds is 4. The molecule has 2 aliphatic carbocycles. The first-order valence-electron chi connectivity index (χ1n) is 8.30. The van der Waals surface area contributed by atoms with Gasteiger partial charge in [-0.2, -0.15) is 0 Å². The molecule has 2 saturated carbocycles. The van der Waals surface area contributed by atoms with Gasteiger partial charge in [0.05, 0.1) is 12.5 Å². The molecule has 5 heteroatoms. The van der Waals surface area contributed by atoms with Crippen molar-refractivity contribution in [3.8, 4) is 0 Å². The zero-order chi connectivity index (χ0) is 16.5. The van der Waals surface area contributed by atoms with Crippen LogP contribution in [0.4, 0.5) is 4.79 Å². The van der Waals surface area contributed by atoms with Crippen LogP contribution < -0.4 is 5.32 Å². The van der Waals surface area contributed by atoms with E-state index in [0.717, 1.165) is 25.7 Å². The Morgan fingerprint density at radius 2 is 1.82 bits per heavy atom. The quantitative estimate of drug-likeness (QED) is 0.809. The third-order valence-corrected chi connectivity index (χ3v) is 4.84. The van der Waals surface area contributed by atoms with Crippen molar-refractivity contribution in [2.45, 2.75) is 71.9 Å². The minimum atomic E-state index is -0.456. The highest BCUT2D eigenvalue weighted by Crippen LogP contribution is 2.60. The maximum absolute atomic E-state index is 11.7. The van der Waals surface area contributed by atoms with E-state index in [-0.39, 0.29) is 24.0 Å². The second-order valence-corrected chi connectivity index (χ2v) is 7.96. The molecule has 0 radical (unpaired) electrons. The summed E-state index contributed by atoms with van der Waals surface area (Å²) in [6, 6.07) is 0.216. The third-order valence-electron chi connectivity index (χ3n) is 4.84. The van der Waals surface area contributed by atoms with Crippen LogP contribution in [0.15, 0.2) is 0 Å². The molecular formula is C17H29NO4. The molecule has 0 bridgehead atoms. The zero-order valence-corrected chi connectivity index (χ0v) is 14.4. The van der Waals surface area contributed by atoms with Crippen LogP contribution >= 0.6 is 0 Å². The van der Waals surface area contributed by atoms with Crippen LogP contribution in [-0.4, -0.2) is 30.3 Å². The second kappa shape index (κ2) is 6.09. The van der Waals surface area contributed by atoms with Crippen molar-refractivity contribution in [2.75, 3.05) is 6.61 Å². The Hall–Kier alpha value is -1.26. The van der Waals surface area contributed by atoms with E-state index >= 15 is 0 Å². The summed E-state index contributed by atoms with van der Waals surface area (Å²) in [5, 5.41) is 2.93. The molecule has 1 N–H and O–H groups in total. The zero-order valence-electron chi connectivity index (χ0n) is 14.4. The van der Waals surface area contributed by atoms with Crippen LogP contribution in [0.2, 0.25) is 0 Å². The first kappa shape index (κ1) is 17.1. The van der Waals surface area contributed by atoms with Gasteiger partial charge in [0, 0.05) is 6.04 Å². The number of alkyl carbamates (subject to hydrolysis) is 1. The number of esters is 1. The Balaban J connectivity index is 1.68. The van der Waals surface area contributed by atoms with Crippen molar-refractivity contribution in [1.82, 2.24) is 5.32 Å². The van der Waals surface area contributed by atoms with Crippen molar-refractivity contribution >= 4 is 12.1 Å². The number of ether oxygens (including phenoxy) is 2. The highest BCUT2D eigenvalue weighted by molar-refractivity contribution is 5.72. The fourth-order valence-electron chi connectivity index (χ4n) is 3.77. The summed E-state index contributed by atoms with van der Waals surface area (Å²) < 4.78 is 10.4. The van der Waals surface area contributed by atoms with Gasteiger partial charge >= 0.3 is 12.1 Å². The fraction of sp³-hybridized carbons (Fsp3) is 0.882. The minimum absolute atomic E-state index is 0.0107. The molecule has 1 unspecified atom stereocenters. The second-order valence-electron chi connectivity index (χ2n) is 7.96. The van der Waals surface area contributed by atoms with Crippen LogP contribution in [0.25, 0.3) is 0 Å². The van der Waals surface area contributed by atoms with Gasteiger partial charge in [-0.25, -0.2) is 4.79 Å². The van der Waals surface area contributed by atoms with Crippen molar-refractivity contribution in [3.05, 3.63) is 0 Å². The molecule has 0 aromatic carbocycles. The molecule has 126 valence electrons. The van der Waals surface area contributed by atoms with Crippen LogP contribution in [0, 0.1) is 17.3 Å². The molecule has 2 rings (SSSR count). The minimum Gasteiger partial charge on any atom is -0.466 e. The Labute approximate surface area is 133 Å². The Bertz CT molecular complexity index is 426. The SMILES string of the molecule is CCOC(=O)C(C)C1CC2(CC(NC(=O)OC(C)(C)C)C2)C1. The van der Waals surface area contributed by atoms with Gasteiger partial charge in [-0.05, 0) is 64.7 Å². The maximum atomic E-state index is 11.7. The molecule has 22 heavy (non-hydrogen) atoms. The predicted octanol–water partition coefficient (Wildman–Crippen LogP) is 3.27. The van der Waals surface area contributed by atoms with E-state index < -0.39 is 5.60 Å². The van der Waals surface area contributed by atoms with Crippen molar-refractivity contribution in [2.24, 2.45) is 17.3 Å². The normalized spacial score (nSPS) is 31.7. The Kier molecular flexibility index (Phi) is 4.73. The van der Waals surface area contributed by atoms with E-state index in [2.05, 4.69) is 5.32 Å². The Morgan fingerprint density at radius 3 is 2.32 bits per heavy atom. The Morgan fingerprint density at radius 1 is 1.23 bits per heavy atom. The lowest BCUT2D eigenvalue weighted by Crippen LogP contribution is -2.57. The lowest BCUT2D eigenvalue weighted by atomic mass is 9.48. The van der Waals surface area contributed by atoms with Crippen LogP contribution in [0.5, 0.6) is 0 Å². The van der Waals surface area contributed by atoms with E-state index in [0.29, 0.717) is 17.9 Å². The maximum Gasteiger partial charge on any atom is 0.407 e. The van der Waals surface area contributed by atoms with Crippen molar-refractivity contribution < 1.29 is 19.1 Å². The lowest BCUT2D eigenvalue weighted by molar-refractivity contribution is -0.155. The molecule has 0 aromatic rings. The molecule has 0 aliphatic heterocycles. The number of hydrogen-bond donors (Lipinski definition) is 1. The summed E-state index contributed by atoms with van der Waals surface area (Å²) in [4.78, 5) is 23.5. The predicted molar refractivity (Wildman–Crippen MR) is 83.3 cm³/mol. The van der Waals surface area contributed by atoms with Crippen LogP contribution in [-0.2, 0) is 14.3 Å². The van der Waals surface area contributed by atoms with Gasteiger partial charge in [-0.1, -0.05) is 6.92 Å². The number of amides is 1. The van der Waals surface area contributed by atoms with Gasteiger partial charge in [-0.3, -0.25) is 4.79 Å². The van der Waals surface area contributed by atoms with Gasteiger partial charge in [0.15, 0.2) is 0 Å². The summed E-state index contributed by atoms with van der Waals surface area (Å²) >= 11 is 0. The molecule has 0 saturated heterocycles. The van der Waals surface area contributed by atoms with E-state index in [1.165, 1.54) is 0 Å². The molecule has 1 amide bonds. The molecular weight excluding hydrogens is 282 g/mol. The number of carbonyl (C=O) groups excluding carboxylic acids is 2. The smallest absolute Gasteiger partial charge is 0.407 e. The van der Waals surface area contributed by atoms with Gasteiger partial charge < -0.3 is 14.8 Å². The van der Waals surface area contributed by atoms with Gasteiger partial charge in [-0.15, -0.1) is 0 Å². The summed E-state index contributed by atoms with van der Waals surface area (Å²) in [7, 11) is 0. The lowest BCUT2D eigenvalue weighted by Gasteiger charge is -2.58. The van der Waals surface area contributed by atoms with E-state index in [4.69, 9.17) is 9.47 Å². The highest BCUT2D eigenvalue weighted by Gasteiger charge is 2.55. The first-order chi connectivity index (χ1) is 10.1. The van der Waals surface area contributed by atoms with Crippen molar-refractivity contribution in [1.29, 1.82) is 0 Å². The average molecular weight is 311 g/mol. The standard InChI is InChI=1S/C17H29NO4/c1-6-21-14(19)11(2)12-7-17(8-12)9-13(10-17)18-15(20)22-16(3,4)5/h11-13H,6-10H2,1-5H3,(H,18,20). The summed E-state index contributed by atoms with van der Waals surface area (Å²) in [5.41, 5.74) is -0.118. The summed E-state index contributed by atoms with van der Waals surface area (Å²) in [6.07, 6.45) is 3.80. The molecule has 1 spiro atoms. The number of carbonyl (C=O) groups is 2. The van der Waals surface area contributed by atoms with E-state index in [1.54, 1.807) is 0 Å². The molecule has 1 atom stereocenters. The van der Waals surface area contributed by atoms with E-state index in [9.17, 15) is 9.59 Å². The summed E-state index contributed by atoms with van der Waals surface area (Å²) in [5.74, 6) is 0.343. The van der Waals surface area contributed by atoms with Gasteiger partial charge in [0.1, 0.15) is 5.60 Å². The highest BCUT2D eigenvalue weighted by atomic mass is 16.6. The van der Waals surface area contributed by atoms with E-state index in [1.807, 2.05) is 34.6 Å². The number of nitrogens with one attached hydrogen (secondary N) is 1. The van der Waals surface area contributed by atoms with Gasteiger partial charge in [0.2, 0.25) is 0 Å². The first-order valence-corrected chi connectivity index (χ1v) is 8.30. The van der Waals surface area contributed by atoms with Crippen LogP contribution in [0.3, 0.4) is 0 Å². The van der Waals surface area contributed by atoms with Gasteiger partial charge in [0.25, 0.3) is 0 Å². The monoisotopic (exact) mass is 311 g/mol. The third kappa shape index (κ3) is 3.93. The van der Waals surface area contributed by atoms with Crippen molar-refractivity contribution in [3.63, 3.8) is 0 Å². The van der Waals surface area contributed by atoms with Crippen LogP contribution in [0.1, 0.15) is 60.3 Å². The summed E-state index contributed by atoms with van der Waals surface area (Å²) in [6.45, 7) is 9.84. The molecule has 2 fully saturated rings. The average Bonchev–Trinajstić information content (AvgIpc) is 2.27. The molecule has 0 aromatic heterocycles. The number of hydrogen-bond acceptors (Lipinski definition) is 4.